The van der Waals surface area contributed by atoms with Gasteiger partial charge in [0.1, 0.15) is 0 Å². The van der Waals surface area contributed by atoms with Crippen LogP contribution in [0.5, 0.6) is 0 Å². The van der Waals surface area contributed by atoms with E-state index < -0.39 is 11.7 Å². The number of H-pyrrole nitrogens is 1. The number of benzene rings is 1. The third-order valence-corrected chi connectivity index (χ3v) is 4.00. The lowest BCUT2D eigenvalue weighted by Crippen LogP contribution is -2.38. The smallest absolute Gasteiger partial charge is 0.314 e. The lowest BCUT2D eigenvalue weighted by atomic mass is 10.0. The predicted molar refractivity (Wildman–Crippen MR) is 73.3 cm³/mol. The van der Waals surface area contributed by atoms with E-state index in [1.54, 1.807) is 4.57 Å². The highest BCUT2D eigenvalue weighted by Crippen LogP contribution is 2.32. The van der Waals surface area contributed by atoms with E-state index in [2.05, 4.69) is 10.3 Å². The summed E-state index contributed by atoms with van der Waals surface area (Å²) in [6.45, 7) is 2.83. The molecule has 2 heterocycles. The third kappa shape index (κ3) is 2.57. The van der Waals surface area contributed by atoms with E-state index in [0.717, 1.165) is 31.5 Å². The standard InChI is InChI=1S/C14H16F3N3O/c1-8-6-10(4-5-18-8)20-12-3-2-9(14(15,16)17)7-11(12)19-13(20)21/h2-3,7-8,10,18H,4-6H2,1H3,(H,19,21). The van der Waals surface area contributed by atoms with Crippen molar-refractivity contribution in [2.45, 2.75) is 38.0 Å². The van der Waals surface area contributed by atoms with Crippen LogP contribution in [0.25, 0.3) is 11.0 Å². The Bertz CT molecular complexity index is 716. The quantitative estimate of drug-likeness (QED) is 0.850. The maximum Gasteiger partial charge on any atom is 0.416 e. The zero-order valence-electron chi connectivity index (χ0n) is 11.5. The van der Waals surface area contributed by atoms with E-state index in [0.29, 0.717) is 5.52 Å². The van der Waals surface area contributed by atoms with Crippen LogP contribution in [0.2, 0.25) is 0 Å². The molecule has 0 radical (unpaired) electrons. The summed E-state index contributed by atoms with van der Waals surface area (Å²) >= 11 is 0. The molecule has 4 nitrogen and oxygen atoms in total. The number of halogens is 3. The first kappa shape index (κ1) is 14.2. The van der Waals surface area contributed by atoms with Crippen molar-refractivity contribution in [1.29, 1.82) is 0 Å². The predicted octanol–water partition coefficient (Wildman–Crippen LogP) is 2.66. The van der Waals surface area contributed by atoms with Crippen LogP contribution in [0, 0.1) is 0 Å². The van der Waals surface area contributed by atoms with Crippen LogP contribution in [0.4, 0.5) is 13.2 Å². The molecule has 0 aliphatic carbocycles. The van der Waals surface area contributed by atoms with E-state index in [9.17, 15) is 18.0 Å². The van der Waals surface area contributed by atoms with E-state index >= 15 is 0 Å². The summed E-state index contributed by atoms with van der Waals surface area (Å²) < 4.78 is 39.8. The molecule has 7 heteroatoms. The summed E-state index contributed by atoms with van der Waals surface area (Å²) in [6.07, 6.45) is -2.83. The number of aromatic nitrogens is 2. The third-order valence-electron chi connectivity index (χ3n) is 4.00. The minimum atomic E-state index is -4.41. The topological polar surface area (TPSA) is 49.8 Å². The van der Waals surface area contributed by atoms with E-state index in [1.807, 2.05) is 6.92 Å². The fourth-order valence-corrected chi connectivity index (χ4v) is 3.01. The highest BCUT2D eigenvalue weighted by Gasteiger charge is 2.31. The van der Waals surface area contributed by atoms with E-state index in [4.69, 9.17) is 0 Å². The van der Waals surface area contributed by atoms with Crippen LogP contribution >= 0.6 is 0 Å². The monoisotopic (exact) mass is 299 g/mol. The van der Waals surface area contributed by atoms with Crippen LogP contribution in [0.15, 0.2) is 23.0 Å². The molecule has 2 atom stereocenters. The van der Waals surface area contributed by atoms with Crippen LogP contribution in [0.1, 0.15) is 31.4 Å². The molecule has 3 rings (SSSR count). The van der Waals surface area contributed by atoms with Gasteiger partial charge in [-0.15, -0.1) is 0 Å². The maximum absolute atomic E-state index is 12.7. The largest absolute Gasteiger partial charge is 0.416 e. The highest BCUT2D eigenvalue weighted by molar-refractivity contribution is 5.76. The summed E-state index contributed by atoms with van der Waals surface area (Å²) in [7, 11) is 0. The number of imidazole rings is 1. The number of alkyl halides is 3. The summed E-state index contributed by atoms with van der Waals surface area (Å²) in [6, 6.07) is 3.70. The van der Waals surface area contributed by atoms with Gasteiger partial charge in [-0.05, 0) is 44.5 Å². The molecular weight excluding hydrogens is 283 g/mol. The van der Waals surface area contributed by atoms with Gasteiger partial charge in [0.05, 0.1) is 16.6 Å². The van der Waals surface area contributed by atoms with Gasteiger partial charge >= 0.3 is 11.9 Å². The van der Waals surface area contributed by atoms with Gasteiger partial charge in [-0.25, -0.2) is 4.79 Å². The van der Waals surface area contributed by atoms with Gasteiger partial charge < -0.3 is 10.3 Å². The van der Waals surface area contributed by atoms with Gasteiger partial charge in [0.25, 0.3) is 0 Å². The number of fused-ring (bicyclic) bond motifs is 1. The maximum atomic E-state index is 12.7. The number of hydrogen-bond donors (Lipinski definition) is 2. The van der Waals surface area contributed by atoms with Gasteiger partial charge in [-0.1, -0.05) is 0 Å². The Morgan fingerprint density at radius 2 is 2.10 bits per heavy atom. The van der Waals surface area contributed by atoms with Crippen molar-refractivity contribution in [3.8, 4) is 0 Å². The average molecular weight is 299 g/mol. The minimum Gasteiger partial charge on any atom is -0.314 e. The molecule has 0 spiro atoms. The second kappa shape index (κ2) is 4.91. The number of nitrogens with zero attached hydrogens (tertiary/aromatic N) is 1. The minimum absolute atomic E-state index is 0.0132. The molecule has 0 saturated carbocycles. The molecule has 1 aliphatic heterocycles. The van der Waals surface area contributed by atoms with Crippen LogP contribution in [0.3, 0.4) is 0 Å². The Hall–Kier alpha value is -1.76. The lowest BCUT2D eigenvalue weighted by Gasteiger charge is -2.28. The summed E-state index contributed by atoms with van der Waals surface area (Å²) in [4.78, 5) is 14.6. The molecule has 2 unspecified atom stereocenters. The van der Waals surface area contributed by atoms with Crippen molar-refractivity contribution < 1.29 is 13.2 Å². The summed E-state index contributed by atoms with van der Waals surface area (Å²) in [5.74, 6) is 0. The summed E-state index contributed by atoms with van der Waals surface area (Å²) in [5.41, 5.74) is -0.321. The van der Waals surface area contributed by atoms with Gasteiger partial charge in [-0.3, -0.25) is 4.57 Å². The van der Waals surface area contributed by atoms with Gasteiger partial charge in [0, 0.05) is 12.1 Å². The first-order valence-corrected chi connectivity index (χ1v) is 6.91. The number of rotatable bonds is 1. The van der Waals surface area contributed by atoms with Gasteiger partial charge in [0.2, 0.25) is 0 Å². The van der Waals surface area contributed by atoms with Crippen molar-refractivity contribution >= 4 is 11.0 Å². The van der Waals surface area contributed by atoms with Crippen molar-refractivity contribution in [2.24, 2.45) is 0 Å². The molecular formula is C14H16F3N3O. The molecule has 0 bridgehead atoms. The Kier molecular flexibility index (Phi) is 3.32. The number of piperidine rings is 1. The van der Waals surface area contributed by atoms with Crippen molar-refractivity contribution in [3.05, 3.63) is 34.2 Å². The first-order valence-electron chi connectivity index (χ1n) is 6.91. The highest BCUT2D eigenvalue weighted by atomic mass is 19.4. The normalized spacial score (nSPS) is 23.6. The SMILES string of the molecule is CC1CC(n2c(=O)[nH]c3cc(C(F)(F)F)ccc32)CCN1. The van der Waals surface area contributed by atoms with Gasteiger partial charge in [-0.2, -0.15) is 13.2 Å². The van der Waals surface area contributed by atoms with Crippen LogP contribution in [-0.4, -0.2) is 22.1 Å². The van der Waals surface area contributed by atoms with Crippen LogP contribution < -0.4 is 11.0 Å². The van der Waals surface area contributed by atoms with Gasteiger partial charge in [0.15, 0.2) is 0 Å². The average Bonchev–Trinajstić information content (AvgIpc) is 2.72. The van der Waals surface area contributed by atoms with Crippen molar-refractivity contribution in [1.82, 2.24) is 14.9 Å². The Morgan fingerprint density at radius 1 is 1.33 bits per heavy atom. The van der Waals surface area contributed by atoms with Crippen LogP contribution in [-0.2, 0) is 6.18 Å². The first-order chi connectivity index (χ1) is 9.86. The summed E-state index contributed by atoms with van der Waals surface area (Å²) in [5, 5.41) is 3.30. The number of nitrogens with one attached hydrogen (secondary N) is 2. The Morgan fingerprint density at radius 3 is 2.76 bits per heavy atom. The Balaban J connectivity index is 2.08. The number of hydrogen-bond acceptors (Lipinski definition) is 2. The zero-order chi connectivity index (χ0) is 15.2. The molecule has 1 saturated heterocycles. The van der Waals surface area contributed by atoms with Crippen molar-refractivity contribution in [2.75, 3.05) is 6.54 Å². The molecule has 2 aromatic rings. The van der Waals surface area contributed by atoms with E-state index in [1.165, 1.54) is 6.07 Å². The second-order valence-electron chi connectivity index (χ2n) is 5.56. The molecule has 1 aromatic carbocycles. The fourth-order valence-electron chi connectivity index (χ4n) is 3.01. The molecule has 1 aliphatic rings. The Labute approximate surface area is 119 Å². The lowest BCUT2D eigenvalue weighted by molar-refractivity contribution is -0.137. The fraction of sp³-hybridized carbons (Fsp3) is 0.500. The molecule has 114 valence electrons. The number of aromatic amines is 1. The molecule has 1 fully saturated rings. The molecule has 1 aromatic heterocycles. The zero-order valence-corrected chi connectivity index (χ0v) is 11.5. The molecule has 2 N–H and O–H groups in total. The van der Waals surface area contributed by atoms with E-state index in [-0.39, 0.29) is 23.3 Å². The second-order valence-corrected chi connectivity index (χ2v) is 5.56. The molecule has 21 heavy (non-hydrogen) atoms. The molecule has 0 amide bonds. The van der Waals surface area contributed by atoms with Crippen molar-refractivity contribution in [3.63, 3.8) is 0 Å².